The van der Waals surface area contributed by atoms with E-state index in [-0.39, 0.29) is 24.3 Å². The second-order valence-corrected chi connectivity index (χ2v) is 6.15. The molecule has 0 bridgehead atoms. The maximum absolute atomic E-state index is 12.3. The Morgan fingerprint density at radius 2 is 1.75 bits per heavy atom. The summed E-state index contributed by atoms with van der Waals surface area (Å²) in [5.41, 5.74) is 3.06. The summed E-state index contributed by atoms with van der Waals surface area (Å²) in [5.74, 6) is -0.298. The van der Waals surface area contributed by atoms with Gasteiger partial charge in [-0.25, -0.2) is 0 Å². The lowest BCUT2D eigenvalue weighted by atomic mass is 10.0. The molecule has 2 N–H and O–H groups in total. The van der Waals surface area contributed by atoms with Gasteiger partial charge in [-0.15, -0.1) is 0 Å². The van der Waals surface area contributed by atoms with Gasteiger partial charge in [0.25, 0.3) is 0 Å². The summed E-state index contributed by atoms with van der Waals surface area (Å²) in [4.78, 5) is 23.7. The number of amides is 2. The molecule has 0 aliphatic heterocycles. The number of carbonyl (C=O) groups excluding carboxylic acids is 2. The van der Waals surface area contributed by atoms with Crippen molar-refractivity contribution in [2.75, 3.05) is 0 Å². The predicted molar refractivity (Wildman–Crippen MR) is 95.7 cm³/mol. The molecule has 2 amide bonds. The van der Waals surface area contributed by atoms with E-state index >= 15 is 0 Å². The van der Waals surface area contributed by atoms with Crippen LogP contribution in [0.2, 0.25) is 5.02 Å². The largest absolute Gasteiger partial charge is 0.352 e. The van der Waals surface area contributed by atoms with E-state index < -0.39 is 0 Å². The SMILES string of the molecule is CC(=O)NC(CC(=O)NCc1ccccc1C)c1ccc(Cl)cc1. The van der Waals surface area contributed by atoms with Gasteiger partial charge in [-0.05, 0) is 35.7 Å². The minimum absolute atomic E-state index is 0.119. The van der Waals surface area contributed by atoms with Crippen molar-refractivity contribution in [2.45, 2.75) is 32.9 Å². The lowest BCUT2D eigenvalue weighted by Gasteiger charge is -2.18. The first kappa shape index (κ1) is 18.0. The molecule has 126 valence electrons. The van der Waals surface area contributed by atoms with Gasteiger partial charge >= 0.3 is 0 Å². The summed E-state index contributed by atoms with van der Waals surface area (Å²) in [6.45, 7) is 3.92. The predicted octanol–water partition coefficient (Wildman–Crippen LogP) is 3.53. The molecule has 4 nitrogen and oxygen atoms in total. The van der Waals surface area contributed by atoms with E-state index in [9.17, 15) is 9.59 Å². The topological polar surface area (TPSA) is 58.2 Å². The van der Waals surface area contributed by atoms with Gasteiger partial charge in [0.2, 0.25) is 11.8 Å². The second kappa shape index (κ2) is 8.50. The van der Waals surface area contributed by atoms with Crippen LogP contribution in [0.1, 0.15) is 36.1 Å². The maximum atomic E-state index is 12.3. The molecule has 0 heterocycles. The van der Waals surface area contributed by atoms with Crippen LogP contribution in [-0.4, -0.2) is 11.8 Å². The molecular weight excluding hydrogens is 324 g/mol. The van der Waals surface area contributed by atoms with Gasteiger partial charge in [0.15, 0.2) is 0 Å². The smallest absolute Gasteiger partial charge is 0.222 e. The van der Waals surface area contributed by atoms with Crippen molar-refractivity contribution in [3.05, 3.63) is 70.2 Å². The molecule has 0 saturated carbocycles. The molecule has 24 heavy (non-hydrogen) atoms. The molecule has 2 aromatic carbocycles. The molecule has 1 atom stereocenters. The fraction of sp³-hybridized carbons (Fsp3) is 0.263. The molecule has 0 fully saturated rings. The third kappa shape index (κ3) is 5.39. The summed E-state index contributed by atoms with van der Waals surface area (Å²) < 4.78 is 0. The van der Waals surface area contributed by atoms with Gasteiger partial charge in [-0.1, -0.05) is 48.0 Å². The highest BCUT2D eigenvalue weighted by molar-refractivity contribution is 6.30. The quantitative estimate of drug-likeness (QED) is 0.842. The fourth-order valence-corrected chi connectivity index (χ4v) is 2.58. The van der Waals surface area contributed by atoms with Crippen LogP contribution in [-0.2, 0) is 16.1 Å². The van der Waals surface area contributed by atoms with Gasteiger partial charge < -0.3 is 10.6 Å². The van der Waals surface area contributed by atoms with Gasteiger partial charge in [0, 0.05) is 18.5 Å². The van der Waals surface area contributed by atoms with Crippen molar-refractivity contribution in [2.24, 2.45) is 0 Å². The van der Waals surface area contributed by atoms with E-state index in [1.807, 2.05) is 43.3 Å². The molecule has 0 aromatic heterocycles. The highest BCUT2D eigenvalue weighted by Crippen LogP contribution is 2.19. The number of benzene rings is 2. The fourth-order valence-electron chi connectivity index (χ4n) is 2.45. The molecular formula is C19H21ClN2O2. The number of halogens is 1. The number of hydrogen-bond donors (Lipinski definition) is 2. The molecule has 0 aliphatic rings. The maximum Gasteiger partial charge on any atom is 0.222 e. The normalized spacial score (nSPS) is 11.6. The first-order chi connectivity index (χ1) is 11.5. The Morgan fingerprint density at radius 3 is 2.38 bits per heavy atom. The van der Waals surface area contributed by atoms with E-state index in [2.05, 4.69) is 10.6 Å². The van der Waals surface area contributed by atoms with Crippen LogP contribution in [0, 0.1) is 6.92 Å². The third-order valence-corrected chi connectivity index (χ3v) is 4.03. The average Bonchev–Trinajstić information content (AvgIpc) is 2.54. The van der Waals surface area contributed by atoms with Gasteiger partial charge in [-0.2, -0.15) is 0 Å². The zero-order chi connectivity index (χ0) is 17.5. The minimum atomic E-state index is -0.378. The number of aryl methyl sites for hydroxylation is 1. The Balaban J connectivity index is 2.00. The molecule has 5 heteroatoms. The van der Waals surface area contributed by atoms with Crippen LogP contribution in [0.25, 0.3) is 0 Å². The molecule has 0 spiro atoms. The molecule has 2 aromatic rings. The molecule has 0 saturated heterocycles. The zero-order valence-corrected chi connectivity index (χ0v) is 14.6. The van der Waals surface area contributed by atoms with Crippen LogP contribution in [0.4, 0.5) is 0 Å². The molecule has 0 radical (unpaired) electrons. The van der Waals surface area contributed by atoms with Crippen molar-refractivity contribution in [3.63, 3.8) is 0 Å². The van der Waals surface area contributed by atoms with Crippen molar-refractivity contribution in [1.29, 1.82) is 0 Å². The summed E-state index contributed by atoms with van der Waals surface area (Å²) in [6, 6.07) is 14.7. The van der Waals surface area contributed by atoms with E-state index in [1.54, 1.807) is 12.1 Å². The lowest BCUT2D eigenvalue weighted by Crippen LogP contribution is -2.32. The average molecular weight is 345 g/mol. The first-order valence-corrected chi connectivity index (χ1v) is 8.17. The second-order valence-electron chi connectivity index (χ2n) is 5.71. The summed E-state index contributed by atoms with van der Waals surface area (Å²) in [7, 11) is 0. The Hall–Kier alpha value is -2.33. The van der Waals surface area contributed by atoms with Crippen molar-refractivity contribution >= 4 is 23.4 Å². The molecule has 2 rings (SSSR count). The van der Waals surface area contributed by atoms with Gasteiger partial charge in [0.1, 0.15) is 0 Å². The highest BCUT2D eigenvalue weighted by atomic mass is 35.5. The number of carbonyl (C=O) groups is 2. The monoisotopic (exact) mass is 344 g/mol. The third-order valence-electron chi connectivity index (χ3n) is 3.78. The van der Waals surface area contributed by atoms with Crippen LogP contribution in [0.15, 0.2) is 48.5 Å². The van der Waals surface area contributed by atoms with E-state index in [1.165, 1.54) is 6.92 Å². The van der Waals surface area contributed by atoms with Crippen molar-refractivity contribution in [1.82, 2.24) is 10.6 Å². The van der Waals surface area contributed by atoms with Gasteiger partial charge in [0.05, 0.1) is 12.5 Å². The Labute approximate surface area is 147 Å². The van der Waals surface area contributed by atoms with Crippen molar-refractivity contribution in [3.8, 4) is 0 Å². The van der Waals surface area contributed by atoms with Crippen LogP contribution in [0.5, 0.6) is 0 Å². The summed E-state index contributed by atoms with van der Waals surface area (Å²) >= 11 is 5.89. The van der Waals surface area contributed by atoms with Gasteiger partial charge in [-0.3, -0.25) is 9.59 Å². The van der Waals surface area contributed by atoms with E-state index in [0.29, 0.717) is 11.6 Å². The summed E-state index contributed by atoms with van der Waals surface area (Å²) in [5, 5.41) is 6.34. The number of rotatable bonds is 6. The Kier molecular flexibility index (Phi) is 6.38. The van der Waals surface area contributed by atoms with Crippen LogP contribution >= 0.6 is 11.6 Å². The van der Waals surface area contributed by atoms with E-state index in [4.69, 9.17) is 11.6 Å². The zero-order valence-electron chi connectivity index (χ0n) is 13.8. The van der Waals surface area contributed by atoms with Crippen molar-refractivity contribution < 1.29 is 9.59 Å². The standard InChI is InChI=1S/C19H21ClN2O2/c1-13-5-3-4-6-16(13)12-21-19(24)11-18(22-14(2)23)15-7-9-17(20)10-8-15/h3-10,18H,11-12H2,1-2H3,(H,21,24)(H,22,23). The molecule has 1 unspecified atom stereocenters. The Bertz CT molecular complexity index is 714. The van der Waals surface area contributed by atoms with Crippen LogP contribution < -0.4 is 10.6 Å². The first-order valence-electron chi connectivity index (χ1n) is 7.79. The number of hydrogen-bond acceptors (Lipinski definition) is 2. The summed E-state index contributed by atoms with van der Waals surface area (Å²) in [6.07, 6.45) is 0.174. The highest BCUT2D eigenvalue weighted by Gasteiger charge is 2.17. The lowest BCUT2D eigenvalue weighted by molar-refractivity contribution is -0.122. The van der Waals surface area contributed by atoms with Crippen LogP contribution in [0.3, 0.4) is 0 Å². The van der Waals surface area contributed by atoms with E-state index in [0.717, 1.165) is 16.7 Å². The minimum Gasteiger partial charge on any atom is -0.352 e. The Morgan fingerprint density at radius 1 is 1.08 bits per heavy atom. The molecule has 0 aliphatic carbocycles. The number of nitrogens with one attached hydrogen (secondary N) is 2.